The number of nitrogens with zero attached hydrogens (tertiary/aromatic N) is 1. The number of benzene rings is 2. The van der Waals surface area contributed by atoms with Gasteiger partial charge in [0, 0.05) is 24.3 Å². The van der Waals surface area contributed by atoms with Crippen LogP contribution in [0.5, 0.6) is 0 Å². The minimum absolute atomic E-state index is 0.0121. The quantitative estimate of drug-likeness (QED) is 0.913. The molecule has 1 N–H and O–H groups in total. The van der Waals surface area contributed by atoms with Crippen molar-refractivity contribution in [3.8, 4) is 0 Å². The van der Waals surface area contributed by atoms with E-state index in [1.165, 1.54) is 0 Å². The maximum absolute atomic E-state index is 12.6. The first kappa shape index (κ1) is 17.2. The maximum atomic E-state index is 12.6. The van der Waals surface area contributed by atoms with E-state index in [9.17, 15) is 9.59 Å². The van der Waals surface area contributed by atoms with Gasteiger partial charge in [-0.05, 0) is 36.1 Å². The van der Waals surface area contributed by atoms with E-state index in [1.807, 2.05) is 55.5 Å². The van der Waals surface area contributed by atoms with Crippen molar-refractivity contribution in [2.45, 2.75) is 33.1 Å². The van der Waals surface area contributed by atoms with Crippen LogP contribution in [0.2, 0.25) is 0 Å². The van der Waals surface area contributed by atoms with E-state index in [0.29, 0.717) is 12.5 Å². The lowest BCUT2D eigenvalue weighted by molar-refractivity contribution is -0.122. The van der Waals surface area contributed by atoms with Gasteiger partial charge in [0.25, 0.3) is 0 Å². The van der Waals surface area contributed by atoms with Crippen LogP contribution in [0.3, 0.4) is 0 Å². The summed E-state index contributed by atoms with van der Waals surface area (Å²) in [4.78, 5) is 26.9. The first-order chi connectivity index (χ1) is 12.0. The Labute approximate surface area is 148 Å². The molecule has 2 amide bonds. The molecule has 3 rings (SSSR count). The number of nitrogens with one attached hydrogen (secondary N) is 1. The van der Waals surface area contributed by atoms with Crippen LogP contribution in [0.1, 0.15) is 37.3 Å². The highest BCUT2D eigenvalue weighted by molar-refractivity contribution is 6.04. The Morgan fingerprint density at radius 1 is 1.12 bits per heavy atom. The molecule has 0 bridgehead atoms. The van der Waals surface area contributed by atoms with Gasteiger partial charge in [0.15, 0.2) is 0 Å². The Morgan fingerprint density at radius 2 is 1.80 bits per heavy atom. The molecule has 1 fully saturated rings. The maximum Gasteiger partial charge on any atom is 0.229 e. The summed E-state index contributed by atoms with van der Waals surface area (Å²) < 4.78 is 0. The second-order valence-corrected chi connectivity index (χ2v) is 6.92. The van der Waals surface area contributed by atoms with E-state index in [4.69, 9.17) is 0 Å². The van der Waals surface area contributed by atoms with Gasteiger partial charge in [-0.2, -0.15) is 0 Å². The fraction of sp³-hybridized carbons (Fsp3) is 0.333. The molecule has 1 heterocycles. The third-order valence-corrected chi connectivity index (χ3v) is 4.75. The SMILES string of the molecule is Cc1ccccc1NC(=O)C1CC(=O)N(c2ccccc2C(C)C)C1. The average Bonchev–Trinajstić information content (AvgIpc) is 2.98. The summed E-state index contributed by atoms with van der Waals surface area (Å²) in [6.07, 6.45) is 0.254. The Morgan fingerprint density at radius 3 is 2.52 bits per heavy atom. The Hall–Kier alpha value is -2.62. The minimum Gasteiger partial charge on any atom is -0.326 e. The minimum atomic E-state index is -0.327. The van der Waals surface area contributed by atoms with Crippen molar-refractivity contribution in [1.29, 1.82) is 0 Å². The number of carbonyl (C=O) groups excluding carboxylic acids is 2. The summed E-state index contributed by atoms with van der Waals surface area (Å²) in [5, 5.41) is 2.96. The number of hydrogen-bond donors (Lipinski definition) is 1. The van der Waals surface area contributed by atoms with Crippen LogP contribution in [0.25, 0.3) is 0 Å². The molecule has 0 saturated carbocycles. The zero-order chi connectivity index (χ0) is 18.0. The van der Waals surface area contributed by atoms with Crippen LogP contribution in [-0.2, 0) is 9.59 Å². The zero-order valence-corrected chi connectivity index (χ0v) is 15.0. The number of para-hydroxylation sites is 2. The van der Waals surface area contributed by atoms with Gasteiger partial charge < -0.3 is 10.2 Å². The van der Waals surface area contributed by atoms with Gasteiger partial charge in [0.05, 0.1) is 5.92 Å². The van der Waals surface area contributed by atoms with Crippen molar-refractivity contribution in [2.75, 3.05) is 16.8 Å². The standard InChI is InChI=1S/C21H24N2O2/c1-14(2)17-9-5-7-11-19(17)23-13-16(12-20(23)24)21(25)22-18-10-6-4-8-15(18)3/h4-11,14,16H,12-13H2,1-3H3,(H,22,25). The molecule has 4 nitrogen and oxygen atoms in total. The van der Waals surface area contributed by atoms with E-state index >= 15 is 0 Å². The topological polar surface area (TPSA) is 49.4 Å². The second-order valence-electron chi connectivity index (χ2n) is 6.92. The van der Waals surface area contributed by atoms with Crippen molar-refractivity contribution in [3.05, 3.63) is 59.7 Å². The molecule has 2 aromatic rings. The van der Waals surface area contributed by atoms with E-state index < -0.39 is 0 Å². The molecule has 1 atom stereocenters. The molecule has 0 radical (unpaired) electrons. The number of carbonyl (C=O) groups is 2. The molecule has 1 unspecified atom stereocenters. The number of aryl methyl sites for hydroxylation is 1. The van der Waals surface area contributed by atoms with Gasteiger partial charge in [-0.3, -0.25) is 9.59 Å². The van der Waals surface area contributed by atoms with Crippen molar-refractivity contribution in [2.24, 2.45) is 5.92 Å². The summed E-state index contributed by atoms with van der Waals surface area (Å²) in [5.41, 5.74) is 3.88. The smallest absolute Gasteiger partial charge is 0.229 e. The summed E-state index contributed by atoms with van der Waals surface area (Å²) in [6, 6.07) is 15.6. The number of hydrogen-bond acceptors (Lipinski definition) is 2. The molecule has 0 aliphatic carbocycles. The summed E-state index contributed by atoms with van der Waals surface area (Å²) in [6.45, 7) is 6.62. The van der Waals surface area contributed by atoms with Crippen LogP contribution in [0.15, 0.2) is 48.5 Å². The largest absolute Gasteiger partial charge is 0.326 e. The fourth-order valence-corrected chi connectivity index (χ4v) is 3.29. The lowest BCUT2D eigenvalue weighted by Gasteiger charge is -2.22. The van der Waals surface area contributed by atoms with E-state index in [2.05, 4.69) is 19.2 Å². The lowest BCUT2D eigenvalue weighted by Crippen LogP contribution is -2.29. The Bertz CT molecular complexity index is 798. The summed E-state index contributed by atoms with van der Waals surface area (Å²) in [5.74, 6) is -0.0821. The molecular formula is C21H24N2O2. The molecule has 0 aromatic heterocycles. The number of amides is 2. The van der Waals surface area contributed by atoms with Crippen LogP contribution in [0.4, 0.5) is 11.4 Å². The van der Waals surface area contributed by atoms with E-state index in [-0.39, 0.29) is 24.2 Å². The van der Waals surface area contributed by atoms with Crippen LogP contribution < -0.4 is 10.2 Å². The first-order valence-corrected chi connectivity index (χ1v) is 8.73. The molecule has 1 aliphatic rings. The number of rotatable bonds is 4. The molecule has 2 aromatic carbocycles. The van der Waals surface area contributed by atoms with Crippen molar-refractivity contribution < 1.29 is 9.59 Å². The van der Waals surface area contributed by atoms with Crippen molar-refractivity contribution >= 4 is 23.2 Å². The van der Waals surface area contributed by atoms with Crippen molar-refractivity contribution in [3.63, 3.8) is 0 Å². The van der Waals surface area contributed by atoms with Gasteiger partial charge in [0.2, 0.25) is 11.8 Å². The Kier molecular flexibility index (Phi) is 4.88. The molecule has 1 aliphatic heterocycles. The highest BCUT2D eigenvalue weighted by Crippen LogP contribution is 2.32. The van der Waals surface area contributed by atoms with Gasteiger partial charge >= 0.3 is 0 Å². The normalized spacial score (nSPS) is 17.2. The Balaban J connectivity index is 1.77. The molecule has 1 saturated heterocycles. The number of anilines is 2. The van der Waals surface area contributed by atoms with E-state index in [0.717, 1.165) is 22.5 Å². The molecule has 130 valence electrons. The molecule has 25 heavy (non-hydrogen) atoms. The summed E-state index contributed by atoms with van der Waals surface area (Å²) in [7, 11) is 0. The molecular weight excluding hydrogens is 312 g/mol. The third-order valence-electron chi connectivity index (χ3n) is 4.75. The fourth-order valence-electron chi connectivity index (χ4n) is 3.29. The first-order valence-electron chi connectivity index (χ1n) is 8.73. The van der Waals surface area contributed by atoms with Gasteiger partial charge in [-0.25, -0.2) is 0 Å². The average molecular weight is 336 g/mol. The third kappa shape index (κ3) is 3.58. The van der Waals surface area contributed by atoms with Crippen LogP contribution >= 0.6 is 0 Å². The molecule has 4 heteroatoms. The summed E-state index contributed by atoms with van der Waals surface area (Å²) >= 11 is 0. The predicted octanol–water partition coefficient (Wildman–Crippen LogP) is 4.11. The zero-order valence-electron chi connectivity index (χ0n) is 15.0. The van der Waals surface area contributed by atoms with Crippen LogP contribution in [0, 0.1) is 12.8 Å². The second kappa shape index (κ2) is 7.09. The van der Waals surface area contributed by atoms with Gasteiger partial charge in [0.1, 0.15) is 0 Å². The lowest BCUT2D eigenvalue weighted by atomic mass is 10.0. The monoisotopic (exact) mass is 336 g/mol. The van der Waals surface area contributed by atoms with Crippen molar-refractivity contribution in [1.82, 2.24) is 0 Å². The highest BCUT2D eigenvalue weighted by Gasteiger charge is 2.36. The highest BCUT2D eigenvalue weighted by atomic mass is 16.2. The van der Waals surface area contributed by atoms with Crippen LogP contribution in [-0.4, -0.2) is 18.4 Å². The van der Waals surface area contributed by atoms with Gasteiger partial charge in [-0.15, -0.1) is 0 Å². The predicted molar refractivity (Wildman–Crippen MR) is 101 cm³/mol. The molecule has 0 spiro atoms. The van der Waals surface area contributed by atoms with Gasteiger partial charge in [-0.1, -0.05) is 50.2 Å². The van der Waals surface area contributed by atoms with E-state index in [1.54, 1.807) is 4.90 Å².